The van der Waals surface area contributed by atoms with Crippen LogP contribution < -0.4 is 5.32 Å². The maximum atomic E-state index is 11.4. The fourth-order valence-electron chi connectivity index (χ4n) is 1.58. The molecule has 2 N–H and O–H groups in total. The lowest BCUT2D eigenvalue weighted by atomic mass is 10.3. The van der Waals surface area contributed by atoms with Gasteiger partial charge in [-0.05, 0) is 19.1 Å². The minimum Gasteiger partial charge on any atom is -0.462 e. The minimum atomic E-state index is -0.350. The maximum Gasteiger partial charge on any atom is 0.339 e. The number of carbonyl (C=O) groups excluding carboxylic acids is 1. The second-order valence-electron chi connectivity index (χ2n) is 3.87. The van der Waals surface area contributed by atoms with Gasteiger partial charge in [0.2, 0.25) is 0 Å². The molecule has 6 heteroatoms. The number of carbonyl (C=O) groups is 1. The molecule has 2 aromatic rings. The third kappa shape index (κ3) is 3.80. The molecule has 0 saturated heterocycles. The molecular weight excluding hydrogens is 244 g/mol. The molecule has 0 aliphatic rings. The van der Waals surface area contributed by atoms with Gasteiger partial charge in [0, 0.05) is 31.6 Å². The Kier molecular flexibility index (Phi) is 4.49. The number of hydrogen-bond donors (Lipinski definition) is 2. The van der Waals surface area contributed by atoms with Gasteiger partial charge in [-0.2, -0.15) is 0 Å². The number of pyridine rings is 1. The van der Waals surface area contributed by atoms with Crippen molar-refractivity contribution in [3.8, 4) is 0 Å². The number of rotatable bonds is 6. The van der Waals surface area contributed by atoms with Gasteiger partial charge in [0.25, 0.3) is 0 Å². The van der Waals surface area contributed by atoms with Crippen molar-refractivity contribution >= 4 is 11.8 Å². The van der Waals surface area contributed by atoms with Gasteiger partial charge in [-0.25, -0.2) is 14.8 Å². The van der Waals surface area contributed by atoms with Crippen molar-refractivity contribution in [1.82, 2.24) is 15.0 Å². The first-order valence-electron chi connectivity index (χ1n) is 6.15. The summed E-state index contributed by atoms with van der Waals surface area (Å²) in [5.41, 5.74) is 0.457. The van der Waals surface area contributed by atoms with E-state index >= 15 is 0 Å². The summed E-state index contributed by atoms with van der Waals surface area (Å²) >= 11 is 0. The number of aromatic amines is 1. The molecule has 0 spiro atoms. The fourth-order valence-corrected chi connectivity index (χ4v) is 1.58. The van der Waals surface area contributed by atoms with Gasteiger partial charge in [0.05, 0.1) is 12.2 Å². The second-order valence-corrected chi connectivity index (χ2v) is 3.87. The van der Waals surface area contributed by atoms with Crippen LogP contribution in [0.4, 0.5) is 5.82 Å². The van der Waals surface area contributed by atoms with Gasteiger partial charge in [-0.1, -0.05) is 0 Å². The van der Waals surface area contributed by atoms with Crippen LogP contribution in [-0.2, 0) is 11.2 Å². The van der Waals surface area contributed by atoms with E-state index < -0.39 is 0 Å². The highest BCUT2D eigenvalue weighted by atomic mass is 16.5. The molecule has 0 saturated carbocycles. The van der Waals surface area contributed by atoms with E-state index in [9.17, 15) is 4.79 Å². The molecule has 0 aliphatic heterocycles. The van der Waals surface area contributed by atoms with Gasteiger partial charge in [-0.15, -0.1) is 0 Å². The van der Waals surface area contributed by atoms with Crippen LogP contribution in [0.2, 0.25) is 0 Å². The van der Waals surface area contributed by atoms with Crippen LogP contribution in [0.5, 0.6) is 0 Å². The summed E-state index contributed by atoms with van der Waals surface area (Å²) in [6.07, 6.45) is 5.81. The average molecular weight is 260 g/mol. The van der Waals surface area contributed by atoms with E-state index in [1.807, 2.05) is 0 Å². The number of hydrogen-bond acceptors (Lipinski definition) is 5. The molecule has 0 unspecified atom stereocenters. The van der Waals surface area contributed by atoms with E-state index in [4.69, 9.17) is 4.74 Å². The van der Waals surface area contributed by atoms with E-state index in [1.54, 1.807) is 31.5 Å². The van der Waals surface area contributed by atoms with E-state index in [2.05, 4.69) is 20.3 Å². The van der Waals surface area contributed by atoms with Crippen molar-refractivity contribution in [1.29, 1.82) is 0 Å². The molecule has 2 rings (SSSR count). The maximum absolute atomic E-state index is 11.4. The van der Waals surface area contributed by atoms with Crippen molar-refractivity contribution < 1.29 is 9.53 Å². The number of imidazole rings is 1. The van der Waals surface area contributed by atoms with Gasteiger partial charge >= 0.3 is 5.97 Å². The second kappa shape index (κ2) is 6.53. The van der Waals surface area contributed by atoms with Gasteiger partial charge < -0.3 is 15.0 Å². The van der Waals surface area contributed by atoms with Crippen LogP contribution in [0.25, 0.3) is 0 Å². The quantitative estimate of drug-likeness (QED) is 0.772. The molecule has 0 bridgehead atoms. The Morgan fingerprint density at radius 1 is 1.42 bits per heavy atom. The van der Waals surface area contributed by atoms with Crippen molar-refractivity contribution in [2.75, 3.05) is 18.5 Å². The first-order chi connectivity index (χ1) is 9.29. The number of nitrogens with one attached hydrogen (secondary N) is 2. The molecule has 2 aromatic heterocycles. The van der Waals surface area contributed by atoms with Crippen LogP contribution in [0.15, 0.2) is 30.7 Å². The molecule has 2 heterocycles. The summed E-state index contributed by atoms with van der Waals surface area (Å²) in [7, 11) is 0. The highest BCUT2D eigenvalue weighted by Crippen LogP contribution is 2.06. The Bertz CT molecular complexity index is 508. The van der Waals surface area contributed by atoms with Crippen LogP contribution >= 0.6 is 0 Å². The smallest absolute Gasteiger partial charge is 0.339 e. The van der Waals surface area contributed by atoms with Crippen LogP contribution in [0, 0.1) is 0 Å². The average Bonchev–Trinajstić information content (AvgIpc) is 2.93. The largest absolute Gasteiger partial charge is 0.462 e. The monoisotopic (exact) mass is 260 g/mol. The molecule has 6 nitrogen and oxygen atoms in total. The number of H-pyrrole nitrogens is 1. The highest BCUT2D eigenvalue weighted by molar-refractivity contribution is 5.89. The fraction of sp³-hybridized carbons (Fsp3) is 0.308. The zero-order chi connectivity index (χ0) is 13.5. The van der Waals surface area contributed by atoms with Gasteiger partial charge in [-0.3, -0.25) is 0 Å². The zero-order valence-corrected chi connectivity index (χ0v) is 10.7. The molecule has 0 aromatic carbocycles. The van der Waals surface area contributed by atoms with E-state index in [0.29, 0.717) is 12.2 Å². The summed E-state index contributed by atoms with van der Waals surface area (Å²) in [6.45, 7) is 2.86. The van der Waals surface area contributed by atoms with E-state index in [0.717, 1.165) is 24.6 Å². The molecule has 0 radical (unpaired) electrons. The molecule has 0 atom stereocenters. The Balaban J connectivity index is 1.83. The first kappa shape index (κ1) is 13.1. The zero-order valence-electron chi connectivity index (χ0n) is 10.7. The summed E-state index contributed by atoms with van der Waals surface area (Å²) in [5, 5.41) is 3.16. The number of ether oxygens (including phenoxy) is 1. The lowest BCUT2D eigenvalue weighted by molar-refractivity contribution is 0.0526. The standard InChI is InChI=1S/C13H16N4O2/c1-2-19-13(18)10-3-4-11(17-9-10)14-6-5-12-15-7-8-16-12/h3-4,7-9H,2,5-6H2,1H3,(H,14,17)(H,15,16). The summed E-state index contributed by atoms with van der Waals surface area (Å²) in [6, 6.07) is 3.45. The molecule has 19 heavy (non-hydrogen) atoms. The van der Waals surface area contributed by atoms with Crippen LogP contribution in [0.1, 0.15) is 23.1 Å². The Morgan fingerprint density at radius 2 is 2.32 bits per heavy atom. The third-order valence-corrected chi connectivity index (χ3v) is 2.50. The summed E-state index contributed by atoms with van der Waals surface area (Å²) < 4.78 is 4.89. The van der Waals surface area contributed by atoms with Gasteiger partial charge in [0.15, 0.2) is 0 Å². The predicted molar refractivity (Wildman–Crippen MR) is 71.0 cm³/mol. The first-order valence-corrected chi connectivity index (χ1v) is 6.15. The van der Waals surface area contributed by atoms with Crippen molar-refractivity contribution in [3.63, 3.8) is 0 Å². The SMILES string of the molecule is CCOC(=O)c1ccc(NCCc2ncc[nH]2)nc1. The van der Waals surface area contributed by atoms with Crippen molar-refractivity contribution in [2.45, 2.75) is 13.3 Å². The summed E-state index contributed by atoms with van der Waals surface area (Å²) in [4.78, 5) is 22.7. The lowest BCUT2D eigenvalue weighted by Gasteiger charge is -2.05. The lowest BCUT2D eigenvalue weighted by Crippen LogP contribution is -2.09. The third-order valence-electron chi connectivity index (χ3n) is 2.50. The Morgan fingerprint density at radius 3 is 2.95 bits per heavy atom. The topological polar surface area (TPSA) is 79.9 Å². The number of esters is 1. The van der Waals surface area contributed by atoms with E-state index in [1.165, 1.54) is 6.20 Å². The normalized spacial score (nSPS) is 10.2. The number of nitrogens with zero attached hydrogens (tertiary/aromatic N) is 2. The predicted octanol–water partition coefficient (Wildman–Crippen LogP) is 1.64. The number of anilines is 1. The van der Waals surface area contributed by atoms with Crippen molar-refractivity contribution in [3.05, 3.63) is 42.1 Å². The van der Waals surface area contributed by atoms with Gasteiger partial charge in [0.1, 0.15) is 11.6 Å². The van der Waals surface area contributed by atoms with Crippen LogP contribution in [-0.4, -0.2) is 34.1 Å². The molecule has 0 amide bonds. The highest BCUT2D eigenvalue weighted by Gasteiger charge is 2.06. The molecule has 100 valence electrons. The van der Waals surface area contributed by atoms with E-state index in [-0.39, 0.29) is 5.97 Å². The molecular formula is C13H16N4O2. The number of aromatic nitrogens is 3. The van der Waals surface area contributed by atoms with Crippen LogP contribution in [0.3, 0.4) is 0 Å². The van der Waals surface area contributed by atoms with Crippen molar-refractivity contribution in [2.24, 2.45) is 0 Å². The summed E-state index contributed by atoms with van der Waals surface area (Å²) in [5.74, 6) is 1.30. The minimum absolute atomic E-state index is 0.350. The molecule has 0 fully saturated rings. The molecule has 0 aliphatic carbocycles. The Hall–Kier alpha value is -2.37. The Labute approximate surface area is 111 Å².